The van der Waals surface area contributed by atoms with Crippen LogP contribution in [0, 0.1) is 18.8 Å². The third-order valence-corrected chi connectivity index (χ3v) is 12.2. The monoisotopic (exact) mass is 1030 g/mol. The van der Waals surface area contributed by atoms with Crippen molar-refractivity contribution in [3.05, 3.63) is 249 Å². The smallest absolute Gasteiger partial charge is 0.143 e. The van der Waals surface area contributed by atoms with E-state index < -0.39 is 0 Å². The van der Waals surface area contributed by atoms with Crippen LogP contribution < -0.4 is 14.5 Å². The van der Waals surface area contributed by atoms with Crippen molar-refractivity contribution in [2.75, 3.05) is 9.80 Å². The molecule has 0 bridgehead atoms. The summed E-state index contributed by atoms with van der Waals surface area (Å²) in [4.78, 5) is 9.33. The van der Waals surface area contributed by atoms with Gasteiger partial charge in [-0.05, 0) is 63.7 Å². The van der Waals surface area contributed by atoms with Crippen LogP contribution in [0.2, 0.25) is 0 Å². The van der Waals surface area contributed by atoms with Gasteiger partial charge in [-0.1, -0.05) is 163 Å². The zero-order valence-electron chi connectivity index (χ0n) is 35.5. The van der Waals surface area contributed by atoms with E-state index in [1.807, 2.05) is 42.6 Å². The van der Waals surface area contributed by atoms with E-state index in [4.69, 9.17) is 9.72 Å². The molecule has 0 unspecified atom stereocenters. The Hall–Kier alpha value is -7.98. The number of hydrogen-bond acceptors (Lipinski definition) is 4. The Bertz CT molecular complexity index is 3380. The molecule has 0 spiro atoms. The van der Waals surface area contributed by atoms with E-state index >= 15 is 0 Å². The molecule has 9 aromatic carbocycles. The molecule has 1 aliphatic rings. The van der Waals surface area contributed by atoms with E-state index in [1.54, 1.807) is 0 Å². The minimum absolute atomic E-state index is 0. The van der Waals surface area contributed by atoms with Gasteiger partial charge in [0.15, 0.2) is 0 Å². The number of fused-ring (bicyclic) bond motifs is 4. The third-order valence-electron chi connectivity index (χ3n) is 12.2. The van der Waals surface area contributed by atoms with Crippen molar-refractivity contribution in [3.8, 4) is 61.7 Å². The van der Waals surface area contributed by atoms with Crippen LogP contribution in [0.1, 0.15) is 0 Å². The van der Waals surface area contributed by atoms with Crippen molar-refractivity contribution in [3.63, 3.8) is 0 Å². The van der Waals surface area contributed by atoms with Gasteiger partial charge in [-0.25, -0.2) is 4.98 Å². The maximum atomic E-state index is 6.61. The Morgan fingerprint density at radius 3 is 1.53 bits per heavy atom. The predicted molar refractivity (Wildman–Crippen MR) is 266 cm³/mol. The number of ether oxygens (including phenoxy) is 1. The van der Waals surface area contributed by atoms with Crippen LogP contribution in [0.25, 0.3) is 72.1 Å². The first-order chi connectivity index (χ1) is 32.3. The Morgan fingerprint density at radius 1 is 0.394 bits per heavy atom. The van der Waals surface area contributed by atoms with Crippen molar-refractivity contribution in [2.24, 2.45) is 0 Å². The number of nitrogens with zero attached hydrogens (tertiary/aromatic N) is 4. The molecule has 0 radical (unpaired) electrons. The van der Waals surface area contributed by atoms with Crippen LogP contribution in [0.5, 0.6) is 11.5 Å². The van der Waals surface area contributed by atoms with Crippen molar-refractivity contribution in [1.82, 2.24) is 9.55 Å². The summed E-state index contributed by atoms with van der Waals surface area (Å²) in [5.74, 6) is 1.16. The SMILES string of the molecule is [Pt].[c-]1c(Oc2[c-]c(-n3c4ccccc4c4cccnc43)ccc2)cccc1N1[CH-]N(c2c(-c3ccccc3-c3ccccc3)cccc2-c2ccccc2-c2ccccc2)c2ccccc21. The Labute approximate surface area is 398 Å². The minimum atomic E-state index is 0. The normalized spacial score (nSPS) is 12.0. The first-order valence-electron chi connectivity index (χ1n) is 21.8. The molecule has 6 heteroatoms. The molecule has 5 nitrogen and oxygen atoms in total. The molecule has 3 heterocycles. The summed E-state index contributed by atoms with van der Waals surface area (Å²) in [6.45, 7) is 2.20. The van der Waals surface area contributed by atoms with E-state index in [2.05, 4.69) is 221 Å². The molecule has 0 atom stereocenters. The van der Waals surface area contributed by atoms with Gasteiger partial charge in [0.05, 0.1) is 5.52 Å². The second-order valence-electron chi connectivity index (χ2n) is 16.0. The summed E-state index contributed by atoms with van der Waals surface area (Å²) in [7, 11) is 0. The summed E-state index contributed by atoms with van der Waals surface area (Å²) in [5.41, 5.74) is 16.0. The van der Waals surface area contributed by atoms with Gasteiger partial charge in [0.1, 0.15) is 5.65 Å². The van der Waals surface area contributed by atoms with Gasteiger partial charge in [0.2, 0.25) is 0 Å². The number of rotatable bonds is 9. The van der Waals surface area contributed by atoms with E-state index in [1.165, 1.54) is 11.1 Å². The maximum absolute atomic E-state index is 6.61. The topological polar surface area (TPSA) is 33.5 Å². The number of benzene rings is 9. The Kier molecular flexibility index (Phi) is 10.8. The quantitative estimate of drug-likeness (QED) is 0.135. The molecular weight excluding hydrogens is 988 g/mol. The molecule has 0 saturated carbocycles. The summed E-state index contributed by atoms with van der Waals surface area (Å²) in [5, 5.41) is 2.23. The summed E-state index contributed by atoms with van der Waals surface area (Å²) in [6, 6.07) is 85.7. The van der Waals surface area contributed by atoms with Crippen LogP contribution in [-0.4, -0.2) is 9.55 Å². The summed E-state index contributed by atoms with van der Waals surface area (Å²) >= 11 is 0. The van der Waals surface area contributed by atoms with Crippen molar-refractivity contribution in [2.45, 2.75) is 0 Å². The molecule has 2 aromatic heterocycles. The zero-order valence-corrected chi connectivity index (χ0v) is 37.8. The average Bonchev–Trinajstić information content (AvgIpc) is 3.93. The Balaban J connectivity index is 0.00000481. The fraction of sp³-hybridized carbons (Fsp3) is 0. The maximum Gasteiger partial charge on any atom is 0.143 e. The molecule has 0 fully saturated rings. The largest absolute Gasteiger partial charge is 0.509 e. The van der Waals surface area contributed by atoms with Crippen molar-refractivity contribution >= 4 is 44.7 Å². The van der Waals surface area contributed by atoms with E-state index in [9.17, 15) is 0 Å². The molecular formula is C60H39N4OPt-3. The number of aromatic nitrogens is 2. The number of pyridine rings is 1. The van der Waals surface area contributed by atoms with Crippen molar-refractivity contribution < 1.29 is 25.8 Å². The van der Waals surface area contributed by atoms with Gasteiger partial charge < -0.3 is 19.1 Å². The van der Waals surface area contributed by atoms with E-state index in [0.717, 1.165) is 83.8 Å². The minimum Gasteiger partial charge on any atom is -0.509 e. The van der Waals surface area contributed by atoms with Gasteiger partial charge in [0.25, 0.3) is 0 Å². The molecule has 66 heavy (non-hydrogen) atoms. The average molecular weight is 1030 g/mol. The van der Waals surface area contributed by atoms with Crippen LogP contribution in [0.3, 0.4) is 0 Å². The number of anilines is 4. The molecule has 0 aliphatic carbocycles. The first kappa shape index (κ1) is 40.8. The van der Waals surface area contributed by atoms with Crippen LogP contribution in [0.15, 0.2) is 231 Å². The zero-order chi connectivity index (χ0) is 43.1. The predicted octanol–water partition coefficient (Wildman–Crippen LogP) is 15.6. The number of hydrogen-bond donors (Lipinski definition) is 0. The van der Waals surface area contributed by atoms with E-state index in [-0.39, 0.29) is 21.1 Å². The van der Waals surface area contributed by atoms with Gasteiger partial charge in [0, 0.05) is 77.7 Å². The molecule has 318 valence electrons. The van der Waals surface area contributed by atoms with Crippen LogP contribution >= 0.6 is 0 Å². The second-order valence-corrected chi connectivity index (χ2v) is 16.0. The van der Waals surface area contributed by atoms with E-state index in [0.29, 0.717) is 11.5 Å². The van der Waals surface area contributed by atoms with Gasteiger partial charge in [-0.2, -0.15) is 12.1 Å². The van der Waals surface area contributed by atoms with Crippen LogP contribution in [0.4, 0.5) is 22.7 Å². The molecule has 12 rings (SSSR count). The van der Waals surface area contributed by atoms with Gasteiger partial charge >= 0.3 is 0 Å². The standard InChI is InChI=1S/C60H39N4O.Pt/c1-3-19-42(20-4-1)48-27-7-9-29-50(48)53-32-17-33-54(51-30-10-8-28-49(51)43-21-5-2-6-22-43)59(53)63-41-62(57-36-13-14-37-58(57)63)44-23-15-25-46(39-44)65-47-26-16-24-45(40-47)64-56-35-12-11-31-52(56)55-34-18-38-61-60(55)64;/h1-38,41H;/q-3;. The molecule has 1 aliphatic heterocycles. The first-order valence-corrected chi connectivity index (χ1v) is 21.8. The van der Waals surface area contributed by atoms with Crippen LogP contribution in [-0.2, 0) is 21.1 Å². The summed E-state index contributed by atoms with van der Waals surface area (Å²) < 4.78 is 8.75. The van der Waals surface area contributed by atoms with Gasteiger partial charge in [-0.15, -0.1) is 48.8 Å². The second kappa shape index (κ2) is 17.5. The molecule has 11 aromatic rings. The van der Waals surface area contributed by atoms with Crippen molar-refractivity contribution in [1.29, 1.82) is 0 Å². The fourth-order valence-corrected chi connectivity index (χ4v) is 9.31. The number of para-hydroxylation sites is 4. The Morgan fingerprint density at radius 2 is 0.879 bits per heavy atom. The third kappa shape index (κ3) is 7.24. The molecule has 0 amide bonds. The summed E-state index contributed by atoms with van der Waals surface area (Å²) in [6.07, 6.45) is 1.83. The molecule has 0 N–H and O–H groups in total. The molecule has 0 saturated heterocycles. The fourth-order valence-electron chi connectivity index (χ4n) is 9.31. The van der Waals surface area contributed by atoms with Gasteiger partial charge in [-0.3, -0.25) is 0 Å².